The van der Waals surface area contributed by atoms with Crippen molar-refractivity contribution in [1.82, 2.24) is 0 Å². The topological polar surface area (TPSA) is 35.5 Å². The molecule has 5 heteroatoms. The van der Waals surface area contributed by atoms with Gasteiger partial charge < -0.3 is 9.47 Å². The van der Waals surface area contributed by atoms with Crippen LogP contribution in [0.25, 0.3) is 0 Å². The molecule has 0 saturated heterocycles. The van der Waals surface area contributed by atoms with Crippen LogP contribution in [-0.4, -0.2) is 19.5 Å². The van der Waals surface area contributed by atoms with Crippen LogP contribution in [0.5, 0.6) is 11.5 Å². The first-order valence-corrected chi connectivity index (χ1v) is 7.99. The summed E-state index contributed by atoms with van der Waals surface area (Å²) in [5.41, 5.74) is 1.59. The van der Waals surface area contributed by atoms with Crippen molar-refractivity contribution in [2.45, 2.75) is 5.92 Å². The number of hydrogen-bond donors (Lipinski definition) is 0. The second-order valence-corrected chi connectivity index (χ2v) is 6.38. The molecule has 1 atom stereocenters. The summed E-state index contributed by atoms with van der Waals surface area (Å²) in [4.78, 5) is 12.7. The Balaban J connectivity index is 1.93. The standard InChI is InChI=1S/C16H12Br2O3/c1-20-10-4-2-9(3-5-10)15(19)12-8-21-16-11(12)6-7-13(17)14(16)18/h2-7,12H,8H2,1H3. The number of Topliss-reactive ketones (excluding diaryl/α,β-unsaturated/α-hetero) is 1. The van der Waals surface area contributed by atoms with E-state index in [1.807, 2.05) is 12.1 Å². The van der Waals surface area contributed by atoms with Crippen LogP contribution < -0.4 is 9.47 Å². The van der Waals surface area contributed by atoms with E-state index in [0.29, 0.717) is 12.2 Å². The first-order valence-electron chi connectivity index (χ1n) is 6.40. The summed E-state index contributed by atoms with van der Waals surface area (Å²) in [6.07, 6.45) is 0. The zero-order chi connectivity index (χ0) is 15.0. The van der Waals surface area contributed by atoms with E-state index in [-0.39, 0.29) is 11.7 Å². The Kier molecular flexibility index (Phi) is 4.04. The van der Waals surface area contributed by atoms with Crippen molar-refractivity contribution in [1.29, 1.82) is 0 Å². The number of carbonyl (C=O) groups excluding carboxylic acids is 1. The molecule has 0 aromatic heterocycles. The fraction of sp³-hybridized carbons (Fsp3) is 0.188. The molecule has 1 aliphatic rings. The molecule has 0 spiro atoms. The molecule has 3 rings (SSSR count). The Labute approximate surface area is 139 Å². The third kappa shape index (κ3) is 2.60. The van der Waals surface area contributed by atoms with Gasteiger partial charge in [-0.25, -0.2) is 0 Å². The monoisotopic (exact) mass is 410 g/mol. The minimum absolute atomic E-state index is 0.0608. The van der Waals surface area contributed by atoms with Gasteiger partial charge in [-0.2, -0.15) is 0 Å². The molecule has 0 aliphatic carbocycles. The second-order valence-electron chi connectivity index (χ2n) is 4.74. The maximum Gasteiger partial charge on any atom is 0.173 e. The van der Waals surface area contributed by atoms with E-state index in [9.17, 15) is 4.79 Å². The Hall–Kier alpha value is -1.33. The van der Waals surface area contributed by atoms with Crippen LogP contribution in [-0.2, 0) is 0 Å². The van der Waals surface area contributed by atoms with Crippen LogP contribution >= 0.6 is 31.9 Å². The Morgan fingerprint density at radius 2 is 1.90 bits per heavy atom. The zero-order valence-electron chi connectivity index (χ0n) is 11.2. The van der Waals surface area contributed by atoms with E-state index in [0.717, 1.165) is 26.0 Å². The first kappa shape index (κ1) is 14.6. The van der Waals surface area contributed by atoms with Gasteiger partial charge in [-0.15, -0.1) is 0 Å². The molecule has 21 heavy (non-hydrogen) atoms. The molecule has 0 N–H and O–H groups in total. The third-order valence-electron chi connectivity index (χ3n) is 3.54. The number of fused-ring (bicyclic) bond motifs is 1. The molecule has 3 nitrogen and oxygen atoms in total. The van der Waals surface area contributed by atoms with Crippen molar-refractivity contribution >= 4 is 37.6 Å². The molecular formula is C16H12Br2O3. The zero-order valence-corrected chi connectivity index (χ0v) is 14.4. The van der Waals surface area contributed by atoms with Gasteiger partial charge in [0.15, 0.2) is 5.78 Å². The van der Waals surface area contributed by atoms with Crippen molar-refractivity contribution in [3.8, 4) is 11.5 Å². The number of ether oxygens (including phenoxy) is 2. The molecule has 1 heterocycles. The molecule has 0 bridgehead atoms. The minimum atomic E-state index is -0.266. The number of methoxy groups -OCH3 is 1. The summed E-state index contributed by atoms with van der Waals surface area (Å²) in [6, 6.07) is 11.0. The van der Waals surface area contributed by atoms with Gasteiger partial charge in [-0.3, -0.25) is 4.79 Å². The molecule has 2 aromatic rings. The number of hydrogen-bond acceptors (Lipinski definition) is 3. The summed E-state index contributed by atoms with van der Waals surface area (Å²) < 4.78 is 12.6. The SMILES string of the molecule is COc1ccc(C(=O)C2COc3c2ccc(Br)c3Br)cc1. The summed E-state index contributed by atoms with van der Waals surface area (Å²) in [5.74, 6) is 1.28. The molecule has 0 fully saturated rings. The summed E-state index contributed by atoms with van der Waals surface area (Å²) in [6.45, 7) is 0.370. The van der Waals surface area contributed by atoms with Gasteiger partial charge >= 0.3 is 0 Å². The second kappa shape index (κ2) is 5.81. The molecule has 0 amide bonds. The van der Waals surface area contributed by atoms with Gasteiger partial charge in [0.05, 0.1) is 17.5 Å². The quantitative estimate of drug-likeness (QED) is 0.693. The van der Waals surface area contributed by atoms with Gasteiger partial charge in [0.25, 0.3) is 0 Å². The van der Waals surface area contributed by atoms with Crippen LogP contribution in [0, 0.1) is 0 Å². The van der Waals surface area contributed by atoms with Crippen LogP contribution in [0.4, 0.5) is 0 Å². The maximum atomic E-state index is 12.7. The lowest BCUT2D eigenvalue weighted by molar-refractivity contribution is 0.0947. The maximum absolute atomic E-state index is 12.7. The highest BCUT2D eigenvalue weighted by atomic mass is 79.9. The third-order valence-corrected chi connectivity index (χ3v) is 5.52. The van der Waals surface area contributed by atoms with Crippen molar-refractivity contribution < 1.29 is 14.3 Å². The van der Waals surface area contributed by atoms with Gasteiger partial charge in [-0.1, -0.05) is 6.07 Å². The molecule has 0 saturated carbocycles. The lowest BCUT2D eigenvalue weighted by Gasteiger charge is -2.09. The predicted octanol–water partition coefficient (Wildman–Crippen LogP) is 4.58. The van der Waals surface area contributed by atoms with Gasteiger partial charge in [0.2, 0.25) is 0 Å². The highest BCUT2D eigenvalue weighted by Gasteiger charge is 2.32. The average Bonchev–Trinajstić information content (AvgIpc) is 2.95. The molecule has 2 aromatic carbocycles. The minimum Gasteiger partial charge on any atom is -0.497 e. The lowest BCUT2D eigenvalue weighted by atomic mass is 9.92. The van der Waals surface area contributed by atoms with Crippen LogP contribution in [0.1, 0.15) is 21.8 Å². The molecule has 1 unspecified atom stereocenters. The van der Waals surface area contributed by atoms with E-state index in [4.69, 9.17) is 9.47 Å². The smallest absolute Gasteiger partial charge is 0.173 e. The lowest BCUT2D eigenvalue weighted by Crippen LogP contribution is -2.14. The van der Waals surface area contributed by atoms with Gasteiger partial charge in [0, 0.05) is 15.6 Å². The molecule has 1 aliphatic heterocycles. The van der Waals surface area contributed by atoms with E-state index in [1.165, 1.54) is 0 Å². The van der Waals surface area contributed by atoms with Crippen LogP contribution in [0.3, 0.4) is 0 Å². The highest BCUT2D eigenvalue weighted by molar-refractivity contribution is 9.13. The van der Waals surface area contributed by atoms with Crippen molar-refractivity contribution in [2.75, 3.05) is 13.7 Å². The number of rotatable bonds is 3. The number of benzene rings is 2. The van der Waals surface area contributed by atoms with Crippen molar-refractivity contribution in [3.63, 3.8) is 0 Å². The molecular weight excluding hydrogens is 400 g/mol. The average molecular weight is 412 g/mol. The Morgan fingerprint density at radius 3 is 2.57 bits per heavy atom. The fourth-order valence-corrected chi connectivity index (χ4v) is 3.19. The number of ketones is 1. The summed E-state index contributed by atoms with van der Waals surface area (Å²) >= 11 is 6.92. The first-order chi connectivity index (χ1) is 10.1. The molecule has 108 valence electrons. The van der Waals surface area contributed by atoms with Crippen LogP contribution in [0.15, 0.2) is 45.3 Å². The van der Waals surface area contributed by atoms with Gasteiger partial charge in [0.1, 0.15) is 18.1 Å². The van der Waals surface area contributed by atoms with E-state index in [2.05, 4.69) is 31.9 Å². The summed E-state index contributed by atoms with van der Waals surface area (Å²) in [5, 5.41) is 0. The van der Waals surface area contributed by atoms with Gasteiger partial charge in [-0.05, 0) is 62.2 Å². The fourth-order valence-electron chi connectivity index (χ4n) is 2.40. The Bertz CT molecular complexity index is 695. The number of halogens is 2. The van der Waals surface area contributed by atoms with E-state index < -0.39 is 0 Å². The van der Waals surface area contributed by atoms with E-state index >= 15 is 0 Å². The van der Waals surface area contributed by atoms with Crippen molar-refractivity contribution in [3.05, 3.63) is 56.5 Å². The summed E-state index contributed by atoms with van der Waals surface area (Å²) in [7, 11) is 1.60. The largest absolute Gasteiger partial charge is 0.497 e. The highest BCUT2D eigenvalue weighted by Crippen LogP contribution is 2.44. The normalized spacial score (nSPS) is 16.2. The predicted molar refractivity (Wildman–Crippen MR) is 87.4 cm³/mol. The molecule has 0 radical (unpaired) electrons. The number of carbonyl (C=O) groups is 1. The van der Waals surface area contributed by atoms with Crippen molar-refractivity contribution in [2.24, 2.45) is 0 Å². The van der Waals surface area contributed by atoms with E-state index in [1.54, 1.807) is 31.4 Å². The van der Waals surface area contributed by atoms with Crippen LogP contribution in [0.2, 0.25) is 0 Å². The Morgan fingerprint density at radius 1 is 1.19 bits per heavy atom.